The van der Waals surface area contributed by atoms with Crippen molar-refractivity contribution < 1.29 is 0 Å². The summed E-state index contributed by atoms with van der Waals surface area (Å²) in [4.78, 5) is 0. The molecule has 0 N–H and O–H groups in total. The van der Waals surface area contributed by atoms with Gasteiger partial charge in [0, 0.05) is 5.02 Å². The average Bonchev–Trinajstić information content (AvgIpc) is 2.57. The largest absolute Gasteiger partial charge is 0.0843 e. The summed E-state index contributed by atoms with van der Waals surface area (Å²) >= 11 is 6.14. The Balaban J connectivity index is 1.79. The van der Waals surface area contributed by atoms with E-state index in [-0.39, 0.29) is 0 Å². The first-order valence-corrected chi connectivity index (χ1v) is 9.88. The minimum Gasteiger partial charge on any atom is -0.0843 e. The Hall–Kier alpha value is -0.490. The quantitative estimate of drug-likeness (QED) is 0.553. The Morgan fingerprint density at radius 2 is 1.59 bits per heavy atom. The Kier molecular flexibility index (Phi) is 5.50. The highest BCUT2D eigenvalue weighted by molar-refractivity contribution is 6.30. The lowest BCUT2D eigenvalue weighted by Crippen LogP contribution is -2.39. The monoisotopic (exact) mass is 318 g/mol. The fourth-order valence-electron chi connectivity index (χ4n) is 5.31. The molecule has 1 aromatic rings. The van der Waals surface area contributed by atoms with E-state index in [4.69, 9.17) is 11.6 Å². The van der Waals surface area contributed by atoms with Crippen molar-refractivity contribution in [2.24, 2.45) is 11.8 Å². The van der Waals surface area contributed by atoms with Crippen molar-refractivity contribution in [2.75, 3.05) is 0 Å². The van der Waals surface area contributed by atoms with Crippen LogP contribution in [0.25, 0.3) is 0 Å². The maximum atomic E-state index is 6.14. The molecule has 0 unspecified atom stereocenters. The van der Waals surface area contributed by atoms with E-state index in [9.17, 15) is 0 Å². The number of rotatable bonds is 4. The van der Waals surface area contributed by atoms with Crippen LogP contribution in [0.4, 0.5) is 0 Å². The highest BCUT2D eigenvalue weighted by Gasteiger charge is 2.42. The van der Waals surface area contributed by atoms with Gasteiger partial charge in [-0.15, -0.1) is 0 Å². The predicted octanol–water partition coefficient (Wildman–Crippen LogP) is 7.15. The minimum atomic E-state index is 0.458. The molecule has 122 valence electrons. The molecule has 0 aromatic heterocycles. The number of hydrogen-bond acceptors (Lipinski definition) is 0. The van der Waals surface area contributed by atoms with Crippen molar-refractivity contribution in [2.45, 2.75) is 83.0 Å². The summed E-state index contributed by atoms with van der Waals surface area (Å²) in [5.41, 5.74) is 2.04. The fraction of sp³-hybridized carbons (Fsp3) is 0.714. The summed E-state index contributed by atoms with van der Waals surface area (Å²) < 4.78 is 0. The summed E-state index contributed by atoms with van der Waals surface area (Å²) in [7, 11) is 0. The van der Waals surface area contributed by atoms with Crippen LogP contribution in [0.5, 0.6) is 0 Å². The predicted molar refractivity (Wildman–Crippen MR) is 96.6 cm³/mol. The zero-order chi connectivity index (χ0) is 15.4. The van der Waals surface area contributed by atoms with E-state index >= 15 is 0 Å². The van der Waals surface area contributed by atoms with E-state index in [0.29, 0.717) is 5.41 Å². The lowest BCUT2D eigenvalue weighted by atomic mass is 9.57. The first-order valence-electron chi connectivity index (χ1n) is 9.50. The van der Waals surface area contributed by atoms with Crippen LogP contribution >= 0.6 is 11.6 Å². The van der Waals surface area contributed by atoms with Crippen LogP contribution in [0.15, 0.2) is 24.3 Å². The normalized spacial score (nSPS) is 28.5. The summed E-state index contributed by atoms with van der Waals surface area (Å²) in [5.74, 6) is 1.91. The molecular weight excluding hydrogens is 288 g/mol. The highest BCUT2D eigenvalue weighted by Crippen LogP contribution is 2.51. The van der Waals surface area contributed by atoms with Gasteiger partial charge in [0.1, 0.15) is 0 Å². The van der Waals surface area contributed by atoms with E-state index in [2.05, 4.69) is 31.2 Å². The van der Waals surface area contributed by atoms with Crippen LogP contribution in [0.3, 0.4) is 0 Å². The van der Waals surface area contributed by atoms with Crippen molar-refractivity contribution in [3.63, 3.8) is 0 Å². The molecule has 3 rings (SSSR count). The van der Waals surface area contributed by atoms with E-state index < -0.39 is 0 Å². The molecular formula is C21H31Cl. The van der Waals surface area contributed by atoms with Gasteiger partial charge in [-0.05, 0) is 60.6 Å². The van der Waals surface area contributed by atoms with E-state index in [0.717, 1.165) is 16.9 Å². The van der Waals surface area contributed by atoms with Gasteiger partial charge in [-0.2, -0.15) is 0 Å². The molecule has 0 atom stereocenters. The molecule has 2 aliphatic carbocycles. The summed E-state index contributed by atoms with van der Waals surface area (Å²) in [6, 6.07) is 8.86. The van der Waals surface area contributed by atoms with Crippen molar-refractivity contribution >= 4 is 11.6 Å². The number of benzene rings is 1. The van der Waals surface area contributed by atoms with E-state index in [1.54, 1.807) is 5.56 Å². The van der Waals surface area contributed by atoms with Crippen LogP contribution in [-0.2, 0) is 5.41 Å². The van der Waals surface area contributed by atoms with Gasteiger partial charge in [-0.1, -0.05) is 75.6 Å². The topological polar surface area (TPSA) is 0 Å². The second-order valence-corrected chi connectivity index (χ2v) is 8.17. The van der Waals surface area contributed by atoms with Crippen LogP contribution in [0.1, 0.15) is 83.1 Å². The maximum Gasteiger partial charge on any atom is 0.0406 e. The smallest absolute Gasteiger partial charge is 0.0406 e. The SMILES string of the molecule is CCC[C@H]1CC[C@H](C2(c3ccc(Cl)cc3)CCCCC2)CC1. The van der Waals surface area contributed by atoms with Crippen molar-refractivity contribution in [3.8, 4) is 0 Å². The molecule has 1 aromatic carbocycles. The second-order valence-electron chi connectivity index (χ2n) is 7.73. The lowest BCUT2D eigenvalue weighted by molar-refractivity contribution is 0.125. The lowest BCUT2D eigenvalue weighted by Gasteiger charge is -2.47. The zero-order valence-electron chi connectivity index (χ0n) is 14.1. The third-order valence-electron chi connectivity index (χ3n) is 6.49. The van der Waals surface area contributed by atoms with Gasteiger partial charge in [0.05, 0.1) is 0 Å². The Labute approximate surface area is 141 Å². The third kappa shape index (κ3) is 3.37. The average molecular weight is 319 g/mol. The molecule has 1 heteroatoms. The van der Waals surface area contributed by atoms with Crippen LogP contribution in [-0.4, -0.2) is 0 Å². The molecule has 0 nitrogen and oxygen atoms in total. The molecule has 0 bridgehead atoms. The van der Waals surface area contributed by atoms with Crippen LogP contribution in [0.2, 0.25) is 5.02 Å². The van der Waals surface area contributed by atoms with Gasteiger partial charge in [-0.3, -0.25) is 0 Å². The molecule has 0 radical (unpaired) electrons. The van der Waals surface area contributed by atoms with E-state index in [1.165, 1.54) is 70.6 Å². The summed E-state index contributed by atoms with van der Waals surface area (Å²) in [6.07, 6.45) is 15.7. The number of hydrogen-bond donors (Lipinski definition) is 0. The molecule has 0 amide bonds. The summed E-state index contributed by atoms with van der Waals surface area (Å²) in [6.45, 7) is 2.34. The second kappa shape index (κ2) is 7.39. The Morgan fingerprint density at radius 3 is 2.18 bits per heavy atom. The Bertz CT molecular complexity index is 447. The molecule has 2 aliphatic rings. The molecule has 2 saturated carbocycles. The number of halogens is 1. The van der Waals surface area contributed by atoms with Crippen LogP contribution in [0, 0.1) is 11.8 Å². The van der Waals surface area contributed by atoms with Gasteiger partial charge in [0.2, 0.25) is 0 Å². The van der Waals surface area contributed by atoms with Crippen molar-refractivity contribution in [1.29, 1.82) is 0 Å². The van der Waals surface area contributed by atoms with Crippen molar-refractivity contribution in [3.05, 3.63) is 34.9 Å². The van der Waals surface area contributed by atoms with Gasteiger partial charge < -0.3 is 0 Å². The molecule has 2 fully saturated rings. The molecule has 0 aliphatic heterocycles. The zero-order valence-corrected chi connectivity index (χ0v) is 14.9. The van der Waals surface area contributed by atoms with Gasteiger partial charge >= 0.3 is 0 Å². The maximum absolute atomic E-state index is 6.14. The molecule has 0 saturated heterocycles. The molecule has 0 heterocycles. The van der Waals surface area contributed by atoms with Crippen LogP contribution < -0.4 is 0 Å². The molecule has 22 heavy (non-hydrogen) atoms. The van der Waals surface area contributed by atoms with Gasteiger partial charge in [-0.25, -0.2) is 0 Å². The highest BCUT2D eigenvalue weighted by atomic mass is 35.5. The van der Waals surface area contributed by atoms with Gasteiger partial charge in [0.15, 0.2) is 0 Å². The summed E-state index contributed by atoms with van der Waals surface area (Å²) in [5, 5.41) is 0.876. The van der Waals surface area contributed by atoms with Crippen molar-refractivity contribution in [1.82, 2.24) is 0 Å². The first-order chi connectivity index (χ1) is 10.7. The van der Waals surface area contributed by atoms with E-state index in [1.807, 2.05) is 0 Å². The first kappa shape index (κ1) is 16.4. The fourth-order valence-corrected chi connectivity index (χ4v) is 5.44. The molecule has 0 spiro atoms. The Morgan fingerprint density at radius 1 is 0.955 bits per heavy atom. The van der Waals surface area contributed by atoms with Gasteiger partial charge in [0.25, 0.3) is 0 Å². The standard InChI is InChI=1S/C21H31Cl/c1-2-6-17-7-9-18(10-8-17)21(15-4-3-5-16-21)19-11-13-20(22)14-12-19/h11-14,17-18H,2-10,15-16H2,1H3/t17-,18-. The minimum absolute atomic E-state index is 0.458. The third-order valence-corrected chi connectivity index (χ3v) is 6.74.